The number of nitrogens with two attached hydrogens (primary N) is 1. The third-order valence-electron chi connectivity index (χ3n) is 3.28. The molecule has 0 heterocycles. The molecule has 7 heteroatoms. The highest BCUT2D eigenvalue weighted by Crippen LogP contribution is 2.25. The number of carbonyl (C=O) groups excluding carboxylic acids is 2. The second kappa shape index (κ2) is 8.70. The highest BCUT2D eigenvalue weighted by atomic mass is 79.9. The number of rotatable bonds is 6. The van der Waals surface area contributed by atoms with Gasteiger partial charge in [0.1, 0.15) is 6.61 Å². The van der Waals surface area contributed by atoms with Crippen molar-refractivity contribution < 1.29 is 14.3 Å². The lowest BCUT2D eigenvalue weighted by Crippen LogP contribution is -2.34. The van der Waals surface area contributed by atoms with E-state index in [1.807, 2.05) is 24.3 Å². The average molecular weight is 412 g/mol. The van der Waals surface area contributed by atoms with E-state index >= 15 is 0 Å². The van der Waals surface area contributed by atoms with Gasteiger partial charge in [0, 0.05) is 9.50 Å². The molecule has 126 valence electrons. The van der Waals surface area contributed by atoms with Crippen molar-refractivity contribution >= 4 is 39.5 Å². The summed E-state index contributed by atoms with van der Waals surface area (Å²) in [6.45, 7) is 0.151. The van der Waals surface area contributed by atoms with Crippen molar-refractivity contribution in [3.63, 3.8) is 0 Å². The molecule has 2 aromatic carbocycles. The quantitative estimate of drug-likeness (QED) is 0.706. The molecule has 2 amide bonds. The van der Waals surface area contributed by atoms with Crippen molar-refractivity contribution in [3.8, 4) is 0 Å². The van der Waals surface area contributed by atoms with E-state index in [1.54, 1.807) is 24.3 Å². The van der Waals surface area contributed by atoms with Gasteiger partial charge in [-0.1, -0.05) is 57.9 Å². The predicted molar refractivity (Wildman–Crippen MR) is 95.5 cm³/mol. The lowest BCUT2D eigenvalue weighted by molar-refractivity contribution is -0.145. The first-order valence-corrected chi connectivity index (χ1v) is 8.33. The van der Waals surface area contributed by atoms with Gasteiger partial charge >= 0.3 is 12.0 Å². The minimum absolute atomic E-state index is 0.0663. The monoisotopic (exact) mass is 410 g/mol. The van der Waals surface area contributed by atoms with E-state index in [0.717, 1.165) is 10.0 Å². The molecule has 0 radical (unpaired) electrons. The molecule has 0 aliphatic rings. The third-order valence-corrected chi connectivity index (χ3v) is 4.15. The van der Waals surface area contributed by atoms with Crippen LogP contribution in [0, 0.1) is 0 Å². The van der Waals surface area contributed by atoms with Gasteiger partial charge in [-0.05, 0) is 29.3 Å². The Morgan fingerprint density at radius 1 is 1.17 bits per heavy atom. The molecule has 0 unspecified atom stereocenters. The van der Waals surface area contributed by atoms with Crippen LogP contribution in [0.1, 0.15) is 23.6 Å². The molecule has 0 fully saturated rings. The highest BCUT2D eigenvalue weighted by molar-refractivity contribution is 9.10. The molecule has 5 nitrogen and oxygen atoms in total. The van der Waals surface area contributed by atoms with E-state index in [0.29, 0.717) is 10.6 Å². The summed E-state index contributed by atoms with van der Waals surface area (Å²) in [5.74, 6) is -0.461. The first kappa shape index (κ1) is 18.3. The molecule has 0 aromatic heterocycles. The zero-order valence-electron chi connectivity index (χ0n) is 12.7. The lowest BCUT2D eigenvalue weighted by Gasteiger charge is -2.18. The van der Waals surface area contributed by atoms with Crippen molar-refractivity contribution in [2.75, 3.05) is 0 Å². The maximum absolute atomic E-state index is 12.1. The number of hydrogen-bond acceptors (Lipinski definition) is 3. The summed E-state index contributed by atoms with van der Waals surface area (Å²) in [7, 11) is 0. The molecule has 2 aromatic rings. The van der Waals surface area contributed by atoms with Gasteiger partial charge in [0.2, 0.25) is 0 Å². The van der Waals surface area contributed by atoms with Crippen LogP contribution in [0.5, 0.6) is 0 Å². The third kappa shape index (κ3) is 5.54. The molecule has 1 atom stereocenters. The molecule has 0 saturated carbocycles. The van der Waals surface area contributed by atoms with Crippen LogP contribution in [0.3, 0.4) is 0 Å². The number of ether oxygens (including phenoxy) is 1. The molecule has 24 heavy (non-hydrogen) atoms. The smallest absolute Gasteiger partial charge is 0.312 e. The summed E-state index contributed by atoms with van der Waals surface area (Å²) in [5, 5.41) is 2.96. The van der Waals surface area contributed by atoms with E-state index in [1.165, 1.54) is 0 Å². The van der Waals surface area contributed by atoms with Gasteiger partial charge in [-0.3, -0.25) is 4.79 Å². The molecule has 0 saturated heterocycles. The Labute approximate surface area is 153 Å². The standard InChI is InChI=1S/C17H16BrClN2O3/c18-12-7-5-11(6-8-12)10-24-16(22)9-15(21-17(20)23)13-3-1-2-4-14(13)19/h1-8,15H,9-10H2,(H3,20,21,23)/t15-/m0/s1. The summed E-state index contributed by atoms with van der Waals surface area (Å²) >= 11 is 9.47. The fourth-order valence-electron chi connectivity index (χ4n) is 2.14. The van der Waals surface area contributed by atoms with E-state index in [4.69, 9.17) is 22.1 Å². The molecule has 0 bridgehead atoms. The van der Waals surface area contributed by atoms with Gasteiger partial charge in [0.05, 0.1) is 12.5 Å². The number of benzene rings is 2. The van der Waals surface area contributed by atoms with Crippen molar-refractivity contribution in [1.29, 1.82) is 0 Å². The Bertz CT molecular complexity index is 722. The van der Waals surface area contributed by atoms with E-state index in [2.05, 4.69) is 21.2 Å². The van der Waals surface area contributed by atoms with Crippen LogP contribution in [0.15, 0.2) is 53.0 Å². The molecule has 0 aliphatic heterocycles. The van der Waals surface area contributed by atoms with Crippen LogP contribution >= 0.6 is 27.5 Å². The number of carbonyl (C=O) groups is 2. The van der Waals surface area contributed by atoms with Gasteiger partial charge in [-0.25, -0.2) is 4.79 Å². The molecule has 0 aliphatic carbocycles. The Kier molecular flexibility index (Phi) is 6.63. The maximum atomic E-state index is 12.1. The minimum Gasteiger partial charge on any atom is -0.461 e. The van der Waals surface area contributed by atoms with Gasteiger partial charge in [-0.2, -0.15) is 0 Å². The van der Waals surface area contributed by atoms with Gasteiger partial charge in [0.15, 0.2) is 0 Å². The largest absolute Gasteiger partial charge is 0.461 e. The Morgan fingerprint density at radius 2 is 1.83 bits per heavy atom. The number of primary amides is 1. The van der Waals surface area contributed by atoms with Gasteiger partial charge in [0.25, 0.3) is 0 Å². The van der Waals surface area contributed by atoms with Crippen LogP contribution in [0.25, 0.3) is 0 Å². The highest BCUT2D eigenvalue weighted by Gasteiger charge is 2.20. The predicted octanol–water partition coefficient (Wildman–Crippen LogP) is 3.95. The molecule has 0 spiro atoms. The van der Waals surface area contributed by atoms with Gasteiger partial charge < -0.3 is 15.8 Å². The van der Waals surface area contributed by atoms with Crippen molar-refractivity contribution in [3.05, 3.63) is 69.2 Å². The first-order valence-electron chi connectivity index (χ1n) is 7.16. The zero-order valence-corrected chi connectivity index (χ0v) is 15.0. The SMILES string of the molecule is NC(=O)N[C@@H](CC(=O)OCc1ccc(Br)cc1)c1ccccc1Cl. The molecular formula is C17H16BrClN2O3. The number of urea groups is 1. The fraction of sp³-hybridized carbons (Fsp3) is 0.176. The number of amides is 2. The summed E-state index contributed by atoms with van der Waals surface area (Å²) < 4.78 is 6.20. The molecule has 2 rings (SSSR count). The lowest BCUT2D eigenvalue weighted by atomic mass is 10.0. The molecular weight excluding hydrogens is 396 g/mol. The van der Waals surface area contributed by atoms with Crippen LogP contribution in [0.4, 0.5) is 4.79 Å². The zero-order chi connectivity index (χ0) is 17.5. The van der Waals surface area contributed by atoms with Crippen LogP contribution in [-0.2, 0) is 16.1 Å². The minimum atomic E-state index is -0.736. The Morgan fingerprint density at radius 3 is 2.46 bits per heavy atom. The first-order chi connectivity index (χ1) is 11.5. The van der Waals surface area contributed by atoms with Crippen LogP contribution < -0.4 is 11.1 Å². The van der Waals surface area contributed by atoms with Gasteiger partial charge in [-0.15, -0.1) is 0 Å². The van der Waals surface area contributed by atoms with E-state index in [9.17, 15) is 9.59 Å². The van der Waals surface area contributed by atoms with Crippen molar-refractivity contribution in [2.24, 2.45) is 5.73 Å². The summed E-state index contributed by atoms with van der Waals surface area (Å²) in [6.07, 6.45) is -0.0663. The van der Waals surface area contributed by atoms with E-state index < -0.39 is 18.0 Å². The van der Waals surface area contributed by atoms with E-state index in [-0.39, 0.29) is 13.0 Å². The summed E-state index contributed by atoms with van der Waals surface area (Å²) in [4.78, 5) is 23.3. The number of hydrogen-bond donors (Lipinski definition) is 2. The fourth-order valence-corrected chi connectivity index (χ4v) is 2.67. The topological polar surface area (TPSA) is 81.4 Å². The van der Waals surface area contributed by atoms with Crippen molar-refractivity contribution in [1.82, 2.24) is 5.32 Å². The second-order valence-electron chi connectivity index (χ2n) is 5.07. The summed E-state index contributed by atoms with van der Waals surface area (Å²) in [6, 6.07) is 13.0. The number of esters is 1. The maximum Gasteiger partial charge on any atom is 0.312 e. The number of halogens is 2. The average Bonchev–Trinajstić information content (AvgIpc) is 2.54. The van der Waals surface area contributed by atoms with Crippen LogP contribution in [0.2, 0.25) is 5.02 Å². The normalized spacial score (nSPS) is 11.6. The molecule has 3 N–H and O–H groups in total. The summed E-state index contributed by atoms with van der Waals surface area (Å²) in [5.41, 5.74) is 6.66. The van der Waals surface area contributed by atoms with Crippen molar-refractivity contribution in [2.45, 2.75) is 19.1 Å². The number of nitrogens with one attached hydrogen (secondary N) is 1. The second-order valence-corrected chi connectivity index (χ2v) is 6.40. The Balaban J connectivity index is 2.00. The van der Waals surface area contributed by atoms with Crippen LogP contribution in [-0.4, -0.2) is 12.0 Å². The Hall–Kier alpha value is -2.05.